The van der Waals surface area contributed by atoms with E-state index in [2.05, 4.69) is 5.32 Å². The van der Waals surface area contributed by atoms with Crippen LogP contribution in [-0.4, -0.2) is 78.4 Å². The number of rotatable bonds is 2. The highest BCUT2D eigenvalue weighted by Gasteiger charge is 2.35. The predicted molar refractivity (Wildman–Crippen MR) is 61.5 cm³/mol. The van der Waals surface area contributed by atoms with Gasteiger partial charge in [-0.1, -0.05) is 0 Å². The van der Waals surface area contributed by atoms with Crippen molar-refractivity contribution in [1.29, 1.82) is 0 Å². The third kappa shape index (κ3) is 4.05. The molecule has 0 bridgehead atoms. The zero-order valence-corrected chi connectivity index (χ0v) is 10.5. The summed E-state index contributed by atoms with van der Waals surface area (Å²) in [6.45, 7) is 0.563. The van der Waals surface area contributed by atoms with Gasteiger partial charge in [0.2, 0.25) is 5.91 Å². The molecule has 2 aliphatic heterocycles. The minimum absolute atomic E-state index is 0.122. The van der Waals surface area contributed by atoms with Crippen LogP contribution in [0.3, 0.4) is 0 Å². The van der Waals surface area contributed by atoms with Gasteiger partial charge in [0.05, 0.1) is 18.7 Å². The molecule has 2 N–H and O–H groups in total. The Labute approximate surface area is 109 Å². The molecular weight excluding hydrogens is 263 g/mol. The van der Waals surface area contributed by atoms with Crippen molar-refractivity contribution in [3.8, 4) is 0 Å². The number of aliphatic hydroxyl groups excluding tert-OH is 1. The maximum absolute atomic E-state index is 12.2. The van der Waals surface area contributed by atoms with Gasteiger partial charge >= 0.3 is 6.18 Å². The molecule has 8 heteroatoms. The smallest absolute Gasteiger partial charge is 0.392 e. The van der Waals surface area contributed by atoms with Crippen molar-refractivity contribution in [3.63, 3.8) is 0 Å². The van der Waals surface area contributed by atoms with Crippen LogP contribution in [0.15, 0.2) is 0 Å². The van der Waals surface area contributed by atoms with Crippen LogP contribution >= 0.6 is 0 Å². The van der Waals surface area contributed by atoms with E-state index in [0.29, 0.717) is 26.1 Å². The molecule has 5 nitrogen and oxygen atoms in total. The summed E-state index contributed by atoms with van der Waals surface area (Å²) in [7, 11) is 0. The van der Waals surface area contributed by atoms with Crippen LogP contribution < -0.4 is 5.32 Å². The molecule has 2 fully saturated rings. The van der Waals surface area contributed by atoms with Gasteiger partial charge in [-0.05, 0) is 6.42 Å². The Kier molecular flexibility index (Phi) is 4.32. The highest BCUT2D eigenvalue weighted by atomic mass is 19.4. The van der Waals surface area contributed by atoms with Crippen LogP contribution in [-0.2, 0) is 4.79 Å². The summed E-state index contributed by atoms with van der Waals surface area (Å²) in [4.78, 5) is 14.9. The summed E-state index contributed by atoms with van der Waals surface area (Å²) < 4.78 is 36.7. The number of carbonyl (C=O) groups excluding carboxylic acids is 1. The second kappa shape index (κ2) is 5.64. The summed E-state index contributed by atoms with van der Waals surface area (Å²) in [5.41, 5.74) is 0. The van der Waals surface area contributed by atoms with Crippen molar-refractivity contribution in [3.05, 3.63) is 0 Å². The Hall–Kier alpha value is -0.860. The molecule has 2 aliphatic rings. The van der Waals surface area contributed by atoms with Crippen molar-refractivity contribution >= 4 is 5.91 Å². The molecule has 0 saturated carbocycles. The zero-order chi connectivity index (χ0) is 14.0. The van der Waals surface area contributed by atoms with E-state index in [4.69, 9.17) is 0 Å². The lowest BCUT2D eigenvalue weighted by Gasteiger charge is -2.36. The van der Waals surface area contributed by atoms with Crippen molar-refractivity contribution < 1.29 is 23.1 Å². The molecule has 0 radical (unpaired) electrons. The van der Waals surface area contributed by atoms with Crippen LogP contribution in [0.25, 0.3) is 0 Å². The number of halogens is 3. The van der Waals surface area contributed by atoms with Gasteiger partial charge in [-0.15, -0.1) is 0 Å². The molecule has 0 aromatic heterocycles. The number of piperazine rings is 1. The standard InChI is InChI=1S/C11H18F3N3O2/c12-11(13,14)7-16-1-3-17(4-2-16)10(19)9-5-8(18)6-15-9/h8-9,15,18H,1-7H2/t8-,9+/m0/s1. The highest BCUT2D eigenvalue weighted by Crippen LogP contribution is 2.18. The molecule has 2 heterocycles. The third-order valence-corrected chi connectivity index (χ3v) is 3.49. The predicted octanol–water partition coefficient (Wildman–Crippen LogP) is -0.584. The SMILES string of the molecule is O=C([C@H]1C[C@H](O)CN1)N1CCN(CC(F)(F)F)CC1. The number of hydrogen-bond acceptors (Lipinski definition) is 4. The monoisotopic (exact) mass is 281 g/mol. The number of alkyl halides is 3. The van der Waals surface area contributed by atoms with Crippen molar-refractivity contribution in [2.75, 3.05) is 39.3 Å². The Morgan fingerprint density at radius 2 is 1.89 bits per heavy atom. The lowest BCUT2D eigenvalue weighted by atomic mass is 10.1. The fourth-order valence-electron chi connectivity index (χ4n) is 2.51. The molecule has 0 unspecified atom stereocenters. The van der Waals surface area contributed by atoms with E-state index in [1.807, 2.05) is 0 Å². The number of β-amino-alcohol motifs (C(OH)–C–C–N with tert-alkyl or cyclic N) is 1. The number of nitrogens with one attached hydrogen (secondary N) is 1. The molecule has 2 rings (SSSR count). The Bertz CT molecular complexity index is 330. The van der Waals surface area contributed by atoms with E-state index in [1.54, 1.807) is 4.90 Å². The molecule has 0 aromatic rings. The van der Waals surface area contributed by atoms with Gasteiger partial charge in [0, 0.05) is 32.7 Å². The van der Waals surface area contributed by atoms with Crippen molar-refractivity contribution in [2.24, 2.45) is 0 Å². The van der Waals surface area contributed by atoms with Gasteiger partial charge in [0.1, 0.15) is 0 Å². The van der Waals surface area contributed by atoms with Crippen LogP contribution in [0.2, 0.25) is 0 Å². The minimum atomic E-state index is -4.19. The van der Waals surface area contributed by atoms with E-state index in [9.17, 15) is 23.1 Å². The second-order valence-electron chi connectivity index (χ2n) is 5.07. The van der Waals surface area contributed by atoms with Crippen LogP contribution in [0, 0.1) is 0 Å². The summed E-state index contributed by atoms with van der Waals surface area (Å²) >= 11 is 0. The van der Waals surface area contributed by atoms with Gasteiger partial charge in [-0.2, -0.15) is 13.2 Å². The van der Waals surface area contributed by atoms with Gasteiger partial charge in [0.15, 0.2) is 0 Å². The Morgan fingerprint density at radius 3 is 2.37 bits per heavy atom. The molecule has 19 heavy (non-hydrogen) atoms. The first-order valence-electron chi connectivity index (χ1n) is 6.34. The van der Waals surface area contributed by atoms with E-state index >= 15 is 0 Å². The topological polar surface area (TPSA) is 55.8 Å². The van der Waals surface area contributed by atoms with Crippen LogP contribution in [0.5, 0.6) is 0 Å². The van der Waals surface area contributed by atoms with Gasteiger partial charge in [0.25, 0.3) is 0 Å². The first kappa shape index (κ1) is 14.5. The fraction of sp³-hybridized carbons (Fsp3) is 0.909. The Morgan fingerprint density at radius 1 is 1.26 bits per heavy atom. The summed E-state index contributed by atoms with van der Waals surface area (Å²) in [5.74, 6) is -0.122. The first-order valence-corrected chi connectivity index (χ1v) is 6.34. The highest BCUT2D eigenvalue weighted by molar-refractivity contribution is 5.82. The van der Waals surface area contributed by atoms with Crippen molar-refractivity contribution in [1.82, 2.24) is 15.1 Å². The van der Waals surface area contributed by atoms with E-state index in [-0.39, 0.29) is 19.0 Å². The molecule has 0 aliphatic carbocycles. The van der Waals surface area contributed by atoms with E-state index in [0.717, 1.165) is 0 Å². The first-order chi connectivity index (χ1) is 8.85. The second-order valence-corrected chi connectivity index (χ2v) is 5.07. The third-order valence-electron chi connectivity index (χ3n) is 3.49. The summed E-state index contributed by atoms with van der Waals surface area (Å²) in [5, 5.41) is 12.3. The maximum Gasteiger partial charge on any atom is 0.401 e. The quantitative estimate of drug-likeness (QED) is 0.711. The molecular formula is C11H18F3N3O2. The number of aliphatic hydroxyl groups is 1. The lowest BCUT2D eigenvalue weighted by Crippen LogP contribution is -2.54. The number of hydrogen-bond donors (Lipinski definition) is 2. The zero-order valence-electron chi connectivity index (χ0n) is 10.5. The molecule has 110 valence electrons. The number of nitrogens with zero attached hydrogens (tertiary/aromatic N) is 2. The Balaban J connectivity index is 1.78. The number of amides is 1. The summed E-state index contributed by atoms with van der Waals surface area (Å²) in [6, 6.07) is -0.399. The van der Waals surface area contributed by atoms with Gasteiger partial charge in [-0.3, -0.25) is 9.69 Å². The summed E-state index contributed by atoms with van der Waals surface area (Å²) in [6.07, 6.45) is -4.33. The average molecular weight is 281 g/mol. The van der Waals surface area contributed by atoms with Gasteiger partial charge < -0.3 is 15.3 Å². The fourth-order valence-corrected chi connectivity index (χ4v) is 2.51. The molecule has 0 spiro atoms. The van der Waals surface area contributed by atoms with Crippen LogP contribution in [0.4, 0.5) is 13.2 Å². The van der Waals surface area contributed by atoms with Crippen molar-refractivity contribution in [2.45, 2.75) is 24.7 Å². The molecule has 2 atom stereocenters. The normalized spacial score (nSPS) is 29.8. The molecule has 1 amide bonds. The largest absolute Gasteiger partial charge is 0.401 e. The minimum Gasteiger partial charge on any atom is -0.392 e. The van der Waals surface area contributed by atoms with Crippen LogP contribution in [0.1, 0.15) is 6.42 Å². The average Bonchev–Trinajstić information content (AvgIpc) is 2.74. The van der Waals surface area contributed by atoms with E-state index in [1.165, 1.54) is 4.90 Å². The lowest BCUT2D eigenvalue weighted by molar-refractivity contribution is -0.152. The molecule has 0 aromatic carbocycles. The number of carbonyl (C=O) groups is 1. The van der Waals surface area contributed by atoms with Gasteiger partial charge in [-0.25, -0.2) is 0 Å². The maximum atomic E-state index is 12.2. The van der Waals surface area contributed by atoms with E-state index < -0.39 is 24.9 Å². The molecule has 2 saturated heterocycles.